The molecule has 0 saturated heterocycles. The number of hydrogen-bond donors (Lipinski definition) is 1. The molecule has 0 spiro atoms. The van der Waals surface area contributed by atoms with Crippen molar-refractivity contribution in [3.05, 3.63) is 29.3 Å². The van der Waals surface area contributed by atoms with E-state index in [1.165, 1.54) is 6.42 Å². The van der Waals surface area contributed by atoms with Gasteiger partial charge >= 0.3 is 0 Å². The van der Waals surface area contributed by atoms with Crippen molar-refractivity contribution in [2.75, 3.05) is 7.05 Å². The maximum absolute atomic E-state index is 6.05. The van der Waals surface area contributed by atoms with E-state index in [2.05, 4.69) is 19.2 Å². The van der Waals surface area contributed by atoms with E-state index >= 15 is 0 Å². The average molecular weight is 254 g/mol. The van der Waals surface area contributed by atoms with Crippen LogP contribution in [0.3, 0.4) is 0 Å². The molecule has 0 bridgehead atoms. The Bertz CT molecular complexity index is 374. The third-order valence-electron chi connectivity index (χ3n) is 3.70. The minimum absolute atomic E-state index is 0.246. The standard InChI is InChI=1S/C14H20ClNO/c1-14(2)9-8-12(13(14)16-3)17-11-6-4-10(15)5-7-11/h4-7,12-13,16H,8-9H2,1-3H3. The molecule has 1 aliphatic rings. The highest BCUT2D eigenvalue weighted by atomic mass is 35.5. The van der Waals surface area contributed by atoms with E-state index in [0.717, 1.165) is 17.2 Å². The average Bonchev–Trinajstić information content (AvgIpc) is 2.57. The Kier molecular flexibility index (Phi) is 3.64. The quantitative estimate of drug-likeness (QED) is 0.890. The number of benzene rings is 1. The Morgan fingerprint density at radius 1 is 1.29 bits per heavy atom. The lowest BCUT2D eigenvalue weighted by Crippen LogP contribution is -2.44. The first-order chi connectivity index (χ1) is 8.03. The van der Waals surface area contributed by atoms with Gasteiger partial charge < -0.3 is 10.1 Å². The molecule has 0 amide bonds. The zero-order chi connectivity index (χ0) is 12.5. The monoisotopic (exact) mass is 253 g/mol. The second kappa shape index (κ2) is 4.87. The van der Waals surface area contributed by atoms with E-state index in [1.54, 1.807) is 0 Å². The van der Waals surface area contributed by atoms with Crippen molar-refractivity contribution in [2.45, 2.75) is 38.8 Å². The third-order valence-corrected chi connectivity index (χ3v) is 3.95. The fourth-order valence-electron chi connectivity index (χ4n) is 2.73. The Morgan fingerprint density at radius 2 is 1.94 bits per heavy atom. The van der Waals surface area contributed by atoms with E-state index in [-0.39, 0.29) is 6.10 Å². The summed E-state index contributed by atoms with van der Waals surface area (Å²) in [6, 6.07) is 8.00. The molecule has 94 valence electrons. The minimum Gasteiger partial charge on any atom is -0.489 e. The zero-order valence-corrected chi connectivity index (χ0v) is 11.4. The van der Waals surface area contributed by atoms with Gasteiger partial charge in [-0.1, -0.05) is 25.4 Å². The van der Waals surface area contributed by atoms with Crippen molar-refractivity contribution in [2.24, 2.45) is 5.41 Å². The van der Waals surface area contributed by atoms with E-state index in [4.69, 9.17) is 16.3 Å². The van der Waals surface area contributed by atoms with Crippen LogP contribution in [-0.4, -0.2) is 19.2 Å². The fraction of sp³-hybridized carbons (Fsp3) is 0.571. The summed E-state index contributed by atoms with van der Waals surface area (Å²) in [5.74, 6) is 0.900. The molecule has 17 heavy (non-hydrogen) atoms. The van der Waals surface area contributed by atoms with Crippen LogP contribution in [0.2, 0.25) is 5.02 Å². The zero-order valence-electron chi connectivity index (χ0n) is 10.7. The minimum atomic E-state index is 0.246. The molecule has 2 nitrogen and oxygen atoms in total. The molecule has 2 rings (SSSR count). The normalized spacial score (nSPS) is 27.1. The number of halogens is 1. The molecule has 0 radical (unpaired) electrons. The van der Waals surface area contributed by atoms with E-state index in [9.17, 15) is 0 Å². The molecule has 0 aromatic heterocycles. The summed E-state index contributed by atoms with van der Waals surface area (Å²) < 4.78 is 6.05. The van der Waals surface area contributed by atoms with Gasteiger partial charge in [-0.15, -0.1) is 0 Å². The van der Waals surface area contributed by atoms with Gasteiger partial charge in [-0.2, -0.15) is 0 Å². The van der Waals surface area contributed by atoms with Crippen LogP contribution in [-0.2, 0) is 0 Å². The van der Waals surface area contributed by atoms with Gasteiger partial charge in [-0.3, -0.25) is 0 Å². The summed E-state index contributed by atoms with van der Waals surface area (Å²) >= 11 is 5.86. The van der Waals surface area contributed by atoms with Crippen LogP contribution < -0.4 is 10.1 Å². The molecular weight excluding hydrogens is 234 g/mol. The largest absolute Gasteiger partial charge is 0.489 e. The summed E-state index contributed by atoms with van der Waals surface area (Å²) in [5.41, 5.74) is 0.297. The van der Waals surface area contributed by atoms with Crippen LogP contribution in [0.25, 0.3) is 0 Å². The Hall–Kier alpha value is -0.730. The maximum Gasteiger partial charge on any atom is 0.119 e. The highest BCUT2D eigenvalue weighted by Crippen LogP contribution is 2.39. The molecular formula is C14H20ClNO. The fourth-order valence-corrected chi connectivity index (χ4v) is 2.86. The summed E-state index contributed by atoms with van der Waals surface area (Å²) in [6.45, 7) is 4.58. The molecule has 2 atom stereocenters. The molecule has 1 aliphatic carbocycles. The summed E-state index contributed by atoms with van der Waals surface area (Å²) in [6.07, 6.45) is 2.54. The van der Waals surface area contributed by atoms with E-state index < -0.39 is 0 Å². The smallest absolute Gasteiger partial charge is 0.119 e. The molecule has 1 fully saturated rings. The first-order valence-corrected chi connectivity index (χ1v) is 6.50. The lowest BCUT2D eigenvalue weighted by molar-refractivity contribution is 0.146. The predicted molar refractivity (Wildman–Crippen MR) is 71.7 cm³/mol. The molecule has 2 unspecified atom stereocenters. The van der Waals surface area contributed by atoms with E-state index in [1.807, 2.05) is 31.3 Å². The Balaban J connectivity index is 2.07. The molecule has 1 saturated carbocycles. The Labute approximate surface area is 108 Å². The lowest BCUT2D eigenvalue weighted by atomic mass is 9.87. The van der Waals surface area contributed by atoms with Crippen molar-refractivity contribution in [1.82, 2.24) is 5.32 Å². The van der Waals surface area contributed by atoms with Gasteiger partial charge in [0, 0.05) is 11.1 Å². The van der Waals surface area contributed by atoms with Gasteiger partial charge in [0.25, 0.3) is 0 Å². The third kappa shape index (κ3) is 2.75. The number of hydrogen-bond acceptors (Lipinski definition) is 2. The molecule has 0 aliphatic heterocycles. The van der Waals surface area contributed by atoms with Crippen LogP contribution in [0.15, 0.2) is 24.3 Å². The summed E-state index contributed by atoms with van der Waals surface area (Å²) in [5, 5.41) is 4.13. The number of rotatable bonds is 3. The van der Waals surface area contributed by atoms with Crippen molar-refractivity contribution in [1.29, 1.82) is 0 Å². The molecule has 1 N–H and O–H groups in total. The first kappa shape index (κ1) is 12.7. The van der Waals surface area contributed by atoms with E-state index in [0.29, 0.717) is 11.5 Å². The van der Waals surface area contributed by atoms with Gasteiger partial charge in [0.05, 0.1) is 0 Å². The lowest BCUT2D eigenvalue weighted by Gasteiger charge is -2.30. The second-order valence-corrected chi connectivity index (χ2v) is 5.84. The van der Waals surface area contributed by atoms with Gasteiger partial charge in [0.2, 0.25) is 0 Å². The molecule has 3 heteroatoms. The number of likely N-dealkylation sites (N-methyl/N-ethyl adjacent to an activating group) is 1. The molecule has 0 heterocycles. The van der Waals surface area contributed by atoms with Crippen molar-refractivity contribution in [3.8, 4) is 5.75 Å². The second-order valence-electron chi connectivity index (χ2n) is 5.40. The molecule has 1 aromatic carbocycles. The van der Waals surface area contributed by atoms with Gasteiger partial charge in [0.15, 0.2) is 0 Å². The summed E-state index contributed by atoms with van der Waals surface area (Å²) in [7, 11) is 2.01. The van der Waals surface area contributed by atoms with Crippen molar-refractivity contribution < 1.29 is 4.74 Å². The van der Waals surface area contributed by atoms with Crippen molar-refractivity contribution in [3.63, 3.8) is 0 Å². The topological polar surface area (TPSA) is 21.3 Å². The summed E-state index contributed by atoms with van der Waals surface area (Å²) in [4.78, 5) is 0. The van der Waals surface area contributed by atoms with Gasteiger partial charge in [0.1, 0.15) is 11.9 Å². The SMILES string of the molecule is CNC1C(Oc2ccc(Cl)cc2)CCC1(C)C. The highest BCUT2D eigenvalue weighted by Gasteiger charge is 2.42. The number of ether oxygens (including phenoxy) is 1. The van der Waals surface area contributed by atoms with Gasteiger partial charge in [-0.05, 0) is 49.6 Å². The van der Waals surface area contributed by atoms with Crippen LogP contribution in [0, 0.1) is 5.41 Å². The first-order valence-electron chi connectivity index (χ1n) is 6.12. The van der Waals surface area contributed by atoms with Gasteiger partial charge in [-0.25, -0.2) is 0 Å². The molecule has 1 aromatic rings. The number of nitrogens with one attached hydrogen (secondary N) is 1. The predicted octanol–water partition coefficient (Wildman–Crippen LogP) is 3.50. The van der Waals surface area contributed by atoms with Crippen molar-refractivity contribution >= 4 is 11.6 Å². The van der Waals surface area contributed by atoms with Crippen LogP contribution in [0.4, 0.5) is 0 Å². The van der Waals surface area contributed by atoms with Crippen LogP contribution >= 0.6 is 11.6 Å². The Morgan fingerprint density at radius 3 is 2.53 bits per heavy atom. The highest BCUT2D eigenvalue weighted by molar-refractivity contribution is 6.30. The van der Waals surface area contributed by atoms with Crippen LogP contribution in [0.5, 0.6) is 5.75 Å². The maximum atomic E-state index is 6.05. The van der Waals surface area contributed by atoms with Crippen LogP contribution in [0.1, 0.15) is 26.7 Å².